The molecule has 0 bridgehead atoms. The summed E-state index contributed by atoms with van der Waals surface area (Å²) in [5.74, 6) is 1.93. The topological polar surface area (TPSA) is 75.9 Å². The molecule has 1 N–H and O–H groups in total. The zero-order valence-electron chi connectivity index (χ0n) is 15.5. The number of carbonyl (C=O) groups excluding carboxylic acids is 1. The van der Waals surface area contributed by atoms with Crippen molar-refractivity contribution in [3.8, 4) is 0 Å². The molecule has 1 fully saturated rings. The fourth-order valence-electron chi connectivity index (χ4n) is 3.49. The van der Waals surface area contributed by atoms with Crippen LogP contribution in [0.3, 0.4) is 0 Å². The summed E-state index contributed by atoms with van der Waals surface area (Å²) in [6, 6.07) is 0.323. The molecule has 2 aromatic heterocycles. The summed E-state index contributed by atoms with van der Waals surface area (Å²) in [5.41, 5.74) is 2.47. The van der Waals surface area contributed by atoms with E-state index in [0.29, 0.717) is 19.0 Å². The Bertz CT molecular complexity index is 780. The molecule has 3 heterocycles. The third-order valence-corrected chi connectivity index (χ3v) is 5.24. The van der Waals surface area contributed by atoms with Gasteiger partial charge in [0.2, 0.25) is 5.91 Å². The van der Waals surface area contributed by atoms with Gasteiger partial charge >= 0.3 is 0 Å². The number of fused-ring (bicyclic) bond motifs is 1. The Kier molecular flexibility index (Phi) is 4.72. The van der Waals surface area contributed by atoms with Gasteiger partial charge in [0.1, 0.15) is 5.82 Å². The Morgan fingerprint density at radius 3 is 2.81 bits per heavy atom. The highest BCUT2D eigenvalue weighted by Crippen LogP contribution is 2.33. The van der Waals surface area contributed by atoms with Crippen LogP contribution >= 0.6 is 0 Å². The third kappa shape index (κ3) is 3.93. The molecule has 7 heteroatoms. The number of imidazole rings is 1. The fraction of sp³-hybridized carbons (Fsp3) is 0.579. The maximum Gasteiger partial charge on any atom is 0.226 e. The number of rotatable bonds is 6. The smallest absolute Gasteiger partial charge is 0.226 e. The second kappa shape index (κ2) is 7.15. The van der Waals surface area contributed by atoms with Gasteiger partial charge in [0.25, 0.3) is 0 Å². The molecule has 1 aliphatic heterocycles. The van der Waals surface area contributed by atoms with Gasteiger partial charge in [-0.05, 0) is 32.6 Å². The van der Waals surface area contributed by atoms with Gasteiger partial charge in [-0.1, -0.05) is 0 Å². The van der Waals surface area contributed by atoms with Crippen molar-refractivity contribution in [3.05, 3.63) is 41.5 Å². The molecule has 4 rings (SSSR count). The van der Waals surface area contributed by atoms with Crippen LogP contribution in [-0.4, -0.2) is 43.4 Å². The first kappa shape index (κ1) is 17.1. The maximum atomic E-state index is 12.2. The van der Waals surface area contributed by atoms with E-state index in [1.54, 1.807) is 12.4 Å². The van der Waals surface area contributed by atoms with Gasteiger partial charge in [-0.25, -0.2) is 4.98 Å². The molecule has 2 aliphatic rings. The second-order valence-electron chi connectivity index (χ2n) is 7.50. The molecule has 1 saturated carbocycles. The van der Waals surface area contributed by atoms with Crippen LogP contribution in [0.4, 0.5) is 0 Å². The molecule has 138 valence electrons. The summed E-state index contributed by atoms with van der Waals surface area (Å²) in [5, 5.41) is 2.90. The molecule has 0 aromatic carbocycles. The number of aryl methyl sites for hydroxylation is 1. The zero-order valence-corrected chi connectivity index (χ0v) is 15.5. The lowest BCUT2D eigenvalue weighted by Gasteiger charge is -2.33. The van der Waals surface area contributed by atoms with E-state index in [0.717, 1.165) is 41.9 Å². The molecule has 0 unspecified atom stereocenters. The number of carbonyl (C=O) groups is 1. The summed E-state index contributed by atoms with van der Waals surface area (Å²) in [6.07, 6.45) is 8.48. The Morgan fingerprint density at radius 2 is 2.08 bits per heavy atom. The van der Waals surface area contributed by atoms with Crippen LogP contribution in [0.2, 0.25) is 0 Å². The Balaban J connectivity index is 1.34. The van der Waals surface area contributed by atoms with Crippen LogP contribution in [0.1, 0.15) is 48.7 Å². The van der Waals surface area contributed by atoms with Gasteiger partial charge in [-0.2, -0.15) is 0 Å². The van der Waals surface area contributed by atoms with Gasteiger partial charge in [-0.3, -0.25) is 19.7 Å². The highest BCUT2D eigenvalue weighted by molar-refractivity contribution is 5.78. The standard InChI is InChI=1S/C19H26N6O/c1-13-8-21-17(9-20-13)10-22-18(26)7-16-12-25-6-5-24(11-15-3-4-15)14(2)19(25)23-16/h8-9,12,14-15H,3-7,10-11H2,1-2H3,(H,22,26)/t14-/m1/s1. The summed E-state index contributed by atoms with van der Waals surface area (Å²) in [4.78, 5) is 28.0. The SMILES string of the molecule is Cc1cnc(CNC(=O)Cc2cn3c(n2)[C@@H](C)N(CC2CC2)CC3)cn1. The third-order valence-electron chi connectivity index (χ3n) is 5.24. The van der Waals surface area contributed by atoms with Crippen molar-refractivity contribution >= 4 is 5.91 Å². The molecule has 0 radical (unpaired) electrons. The molecule has 1 amide bonds. The summed E-state index contributed by atoms with van der Waals surface area (Å²) >= 11 is 0. The van der Waals surface area contributed by atoms with E-state index in [-0.39, 0.29) is 5.91 Å². The average molecular weight is 354 g/mol. The van der Waals surface area contributed by atoms with Gasteiger partial charge in [0.15, 0.2) is 0 Å². The lowest BCUT2D eigenvalue weighted by molar-refractivity contribution is -0.120. The maximum absolute atomic E-state index is 12.2. The lowest BCUT2D eigenvalue weighted by Crippen LogP contribution is -2.38. The predicted octanol–water partition coefficient (Wildman–Crippen LogP) is 1.63. The quantitative estimate of drug-likeness (QED) is 0.853. The first-order chi connectivity index (χ1) is 12.6. The van der Waals surface area contributed by atoms with Crippen LogP contribution in [0.15, 0.2) is 18.6 Å². The highest BCUT2D eigenvalue weighted by Gasteiger charge is 2.31. The van der Waals surface area contributed by atoms with Gasteiger partial charge in [-0.15, -0.1) is 0 Å². The fourth-order valence-corrected chi connectivity index (χ4v) is 3.49. The first-order valence-corrected chi connectivity index (χ1v) is 9.42. The van der Waals surface area contributed by atoms with Gasteiger partial charge in [0.05, 0.1) is 42.3 Å². The van der Waals surface area contributed by atoms with Crippen molar-refractivity contribution in [3.63, 3.8) is 0 Å². The van der Waals surface area contributed by atoms with E-state index in [4.69, 9.17) is 4.98 Å². The van der Waals surface area contributed by atoms with E-state index in [2.05, 4.69) is 31.7 Å². The molecular weight excluding hydrogens is 328 g/mol. The minimum Gasteiger partial charge on any atom is -0.350 e. The molecular formula is C19H26N6O. The zero-order chi connectivity index (χ0) is 18.1. The highest BCUT2D eigenvalue weighted by atomic mass is 16.1. The molecule has 0 spiro atoms. The van der Waals surface area contributed by atoms with Crippen molar-refractivity contribution in [2.75, 3.05) is 13.1 Å². The number of hydrogen-bond acceptors (Lipinski definition) is 5. The molecule has 1 aliphatic carbocycles. The van der Waals surface area contributed by atoms with E-state index < -0.39 is 0 Å². The number of hydrogen-bond donors (Lipinski definition) is 1. The summed E-state index contributed by atoms with van der Waals surface area (Å²) < 4.78 is 2.21. The van der Waals surface area contributed by atoms with Crippen LogP contribution in [0, 0.1) is 12.8 Å². The van der Waals surface area contributed by atoms with Crippen LogP contribution in [0.25, 0.3) is 0 Å². The van der Waals surface area contributed by atoms with E-state index in [9.17, 15) is 4.79 Å². The molecule has 26 heavy (non-hydrogen) atoms. The van der Waals surface area contributed by atoms with E-state index >= 15 is 0 Å². The molecule has 7 nitrogen and oxygen atoms in total. The Labute approximate surface area is 153 Å². The number of aromatic nitrogens is 4. The van der Waals surface area contributed by atoms with Crippen molar-refractivity contribution in [2.24, 2.45) is 5.92 Å². The Hall–Kier alpha value is -2.28. The minimum absolute atomic E-state index is 0.0367. The molecule has 1 atom stereocenters. The first-order valence-electron chi connectivity index (χ1n) is 9.42. The average Bonchev–Trinajstić information content (AvgIpc) is 3.35. The van der Waals surface area contributed by atoms with E-state index in [1.807, 2.05) is 13.1 Å². The van der Waals surface area contributed by atoms with Gasteiger partial charge < -0.3 is 9.88 Å². The van der Waals surface area contributed by atoms with Crippen molar-refractivity contribution in [1.82, 2.24) is 29.7 Å². The Morgan fingerprint density at radius 1 is 1.23 bits per heavy atom. The monoisotopic (exact) mass is 354 g/mol. The van der Waals surface area contributed by atoms with Crippen LogP contribution < -0.4 is 5.32 Å². The molecule has 2 aromatic rings. The largest absolute Gasteiger partial charge is 0.350 e. The van der Waals surface area contributed by atoms with E-state index in [1.165, 1.54) is 19.4 Å². The van der Waals surface area contributed by atoms with Crippen molar-refractivity contribution < 1.29 is 4.79 Å². The van der Waals surface area contributed by atoms with Crippen LogP contribution in [-0.2, 0) is 24.3 Å². The number of amides is 1. The summed E-state index contributed by atoms with van der Waals surface area (Å²) in [7, 11) is 0. The lowest BCUT2D eigenvalue weighted by atomic mass is 10.2. The van der Waals surface area contributed by atoms with Gasteiger partial charge in [0, 0.05) is 32.0 Å². The second-order valence-corrected chi connectivity index (χ2v) is 7.50. The minimum atomic E-state index is -0.0367. The van der Waals surface area contributed by atoms with Crippen molar-refractivity contribution in [2.45, 2.75) is 52.2 Å². The number of nitrogens with one attached hydrogen (secondary N) is 1. The number of nitrogens with zero attached hydrogens (tertiary/aromatic N) is 5. The summed E-state index contributed by atoms with van der Waals surface area (Å²) in [6.45, 7) is 7.72. The van der Waals surface area contributed by atoms with Crippen LogP contribution in [0.5, 0.6) is 0 Å². The predicted molar refractivity (Wildman–Crippen MR) is 97.3 cm³/mol. The normalized spacial score (nSPS) is 20.0. The molecule has 0 saturated heterocycles. The van der Waals surface area contributed by atoms with Crippen molar-refractivity contribution in [1.29, 1.82) is 0 Å².